The summed E-state index contributed by atoms with van der Waals surface area (Å²) in [6.45, 7) is 6.58. The molecule has 86 valence electrons. The van der Waals surface area contributed by atoms with Crippen molar-refractivity contribution >= 4 is 0 Å². The van der Waals surface area contributed by atoms with Gasteiger partial charge in [-0.15, -0.1) is 0 Å². The summed E-state index contributed by atoms with van der Waals surface area (Å²) in [7, 11) is 0. The maximum Gasteiger partial charge on any atom is 0.0949 e. The van der Waals surface area contributed by atoms with Crippen molar-refractivity contribution in [3.8, 4) is 0 Å². The van der Waals surface area contributed by atoms with Gasteiger partial charge in [0.1, 0.15) is 0 Å². The summed E-state index contributed by atoms with van der Waals surface area (Å²) in [6, 6.07) is 0.178. The SMILES string of the molecule is CCOCCCn1cnc(CC(C)N)c1. The molecule has 0 spiro atoms. The first-order chi connectivity index (χ1) is 7.22. The zero-order valence-corrected chi connectivity index (χ0v) is 9.65. The average molecular weight is 211 g/mol. The van der Waals surface area contributed by atoms with Gasteiger partial charge in [0.25, 0.3) is 0 Å². The molecule has 15 heavy (non-hydrogen) atoms. The lowest BCUT2D eigenvalue weighted by Crippen LogP contribution is -2.17. The van der Waals surface area contributed by atoms with Gasteiger partial charge in [-0.1, -0.05) is 0 Å². The number of hydrogen-bond donors (Lipinski definition) is 1. The van der Waals surface area contributed by atoms with Crippen molar-refractivity contribution in [2.45, 2.75) is 39.3 Å². The molecule has 1 heterocycles. The minimum absolute atomic E-state index is 0.178. The van der Waals surface area contributed by atoms with E-state index in [4.69, 9.17) is 10.5 Å². The lowest BCUT2D eigenvalue weighted by Gasteiger charge is -2.02. The summed E-state index contributed by atoms with van der Waals surface area (Å²) in [5.74, 6) is 0. The Bertz CT molecular complexity index is 271. The van der Waals surface area contributed by atoms with Gasteiger partial charge in [-0.05, 0) is 20.3 Å². The first-order valence-electron chi connectivity index (χ1n) is 5.56. The van der Waals surface area contributed by atoms with E-state index < -0.39 is 0 Å². The quantitative estimate of drug-likeness (QED) is 0.689. The van der Waals surface area contributed by atoms with Crippen molar-refractivity contribution in [2.24, 2.45) is 5.73 Å². The van der Waals surface area contributed by atoms with E-state index in [1.807, 2.05) is 20.2 Å². The van der Waals surface area contributed by atoms with E-state index >= 15 is 0 Å². The van der Waals surface area contributed by atoms with E-state index in [0.29, 0.717) is 0 Å². The lowest BCUT2D eigenvalue weighted by atomic mass is 10.2. The van der Waals surface area contributed by atoms with Gasteiger partial charge >= 0.3 is 0 Å². The molecule has 0 bridgehead atoms. The molecule has 1 aromatic rings. The van der Waals surface area contributed by atoms with Crippen LogP contribution in [0.1, 0.15) is 26.0 Å². The van der Waals surface area contributed by atoms with Crippen LogP contribution in [0.3, 0.4) is 0 Å². The first kappa shape index (κ1) is 12.2. The number of aromatic nitrogens is 2. The second-order valence-electron chi connectivity index (χ2n) is 3.83. The molecule has 0 aliphatic heterocycles. The van der Waals surface area contributed by atoms with E-state index in [1.165, 1.54) is 0 Å². The number of nitrogens with zero attached hydrogens (tertiary/aromatic N) is 2. The van der Waals surface area contributed by atoms with Gasteiger partial charge in [0.05, 0.1) is 12.0 Å². The third-order valence-corrected chi connectivity index (χ3v) is 2.13. The Hall–Kier alpha value is -0.870. The third kappa shape index (κ3) is 4.95. The molecule has 2 N–H and O–H groups in total. The van der Waals surface area contributed by atoms with Gasteiger partial charge in [0.15, 0.2) is 0 Å². The Labute approximate surface area is 91.4 Å². The van der Waals surface area contributed by atoms with Crippen LogP contribution in [0.4, 0.5) is 0 Å². The monoisotopic (exact) mass is 211 g/mol. The van der Waals surface area contributed by atoms with Crippen molar-refractivity contribution in [3.05, 3.63) is 18.2 Å². The number of imidazole rings is 1. The molecule has 0 radical (unpaired) electrons. The Morgan fingerprint density at radius 1 is 1.60 bits per heavy atom. The lowest BCUT2D eigenvalue weighted by molar-refractivity contribution is 0.141. The molecule has 0 amide bonds. The highest BCUT2D eigenvalue weighted by molar-refractivity contribution is 4.98. The molecule has 4 nitrogen and oxygen atoms in total. The Morgan fingerprint density at radius 3 is 3.07 bits per heavy atom. The molecule has 1 rings (SSSR count). The van der Waals surface area contributed by atoms with Gasteiger partial charge in [0, 0.05) is 38.4 Å². The summed E-state index contributed by atoms with van der Waals surface area (Å²) < 4.78 is 7.37. The highest BCUT2D eigenvalue weighted by atomic mass is 16.5. The fourth-order valence-electron chi connectivity index (χ4n) is 1.46. The molecule has 1 atom stereocenters. The fraction of sp³-hybridized carbons (Fsp3) is 0.727. The van der Waals surface area contributed by atoms with Crippen LogP contribution in [0.25, 0.3) is 0 Å². The largest absolute Gasteiger partial charge is 0.382 e. The molecular weight excluding hydrogens is 190 g/mol. The second-order valence-corrected chi connectivity index (χ2v) is 3.83. The molecular formula is C11H21N3O. The van der Waals surface area contributed by atoms with Crippen molar-refractivity contribution in [3.63, 3.8) is 0 Å². The maximum atomic E-state index is 5.70. The van der Waals surface area contributed by atoms with Crippen LogP contribution in [-0.4, -0.2) is 28.8 Å². The molecule has 0 aromatic carbocycles. The molecule has 0 saturated carbocycles. The van der Waals surface area contributed by atoms with Crippen molar-refractivity contribution < 1.29 is 4.74 Å². The molecule has 0 saturated heterocycles. The predicted octanol–water partition coefficient (Wildman–Crippen LogP) is 1.20. The van der Waals surface area contributed by atoms with E-state index in [1.54, 1.807) is 0 Å². The Kier molecular flexibility index (Phi) is 5.36. The number of nitrogens with two attached hydrogens (primary N) is 1. The van der Waals surface area contributed by atoms with Gasteiger partial charge in [0.2, 0.25) is 0 Å². The van der Waals surface area contributed by atoms with E-state index in [-0.39, 0.29) is 6.04 Å². The zero-order valence-electron chi connectivity index (χ0n) is 9.65. The second kappa shape index (κ2) is 6.58. The van der Waals surface area contributed by atoms with E-state index in [9.17, 15) is 0 Å². The summed E-state index contributed by atoms with van der Waals surface area (Å²) in [5.41, 5.74) is 6.77. The summed E-state index contributed by atoms with van der Waals surface area (Å²) in [6.07, 6.45) is 5.80. The van der Waals surface area contributed by atoms with Crippen molar-refractivity contribution in [1.82, 2.24) is 9.55 Å². The molecule has 0 fully saturated rings. The van der Waals surface area contributed by atoms with Crippen LogP contribution < -0.4 is 5.73 Å². The normalized spacial score (nSPS) is 13.0. The summed E-state index contributed by atoms with van der Waals surface area (Å²) in [5, 5.41) is 0. The molecule has 1 unspecified atom stereocenters. The number of ether oxygens (including phenoxy) is 1. The predicted molar refractivity (Wildman–Crippen MR) is 60.7 cm³/mol. The topological polar surface area (TPSA) is 53.1 Å². The molecule has 1 aromatic heterocycles. The van der Waals surface area contributed by atoms with Crippen LogP contribution in [0.2, 0.25) is 0 Å². The number of hydrogen-bond acceptors (Lipinski definition) is 3. The van der Waals surface area contributed by atoms with Gasteiger partial charge < -0.3 is 15.0 Å². The van der Waals surface area contributed by atoms with E-state index in [0.717, 1.165) is 38.3 Å². The maximum absolute atomic E-state index is 5.70. The van der Waals surface area contributed by atoms with Crippen LogP contribution >= 0.6 is 0 Å². The van der Waals surface area contributed by atoms with Crippen molar-refractivity contribution in [1.29, 1.82) is 0 Å². The highest BCUT2D eigenvalue weighted by Gasteiger charge is 2.01. The average Bonchev–Trinajstić information content (AvgIpc) is 2.59. The molecule has 4 heteroatoms. The minimum Gasteiger partial charge on any atom is -0.382 e. The van der Waals surface area contributed by atoms with Crippen LogP contribution in [0, 0.1) is 0 Å². The van der Waals surface area contributed by atoms with Gasteiger partial charge in [-0.2, -0.15) is 0 Å². The number of rotatable bonds is 7. The summed E-state index contributed by atoms with van der Waals surface area (Å²) >= 11 is 0. The minimum atomic E-state index is 0.178. The molecule has 0 aliphatic rings. The Morgan fingerprint density at radius 2 is 2.40 bits per heavy atom. The van der Waals surface area contributed by atoms with Gasteiger partial charge in [-0.25, -0.2) is 4.98 Å². The standard InChI is InChI=1S/C11H21N3O/c1-3-15-6-4-5-14-8-11(13-9-14)7-10(2)12/h8-10H,3-7,12H2,1-2H3. The summed E-state index contributed by atoms with van der Waals surface area (Å²) in [4.78, 5) is 4.30. The Balaban J connectivity index is 2.26. The van der Waals surface area contributed by atoms with Crippen molar-refractivity contribution in [2.75, 3.05) is 13.2 Å². The van der Waals surface area contributed by atoms with Crippen LogP contribution in [-0.2, 0) is 17.7 Å². The molecule has 0 aliphatic carbocycles. The van der Waals surface area contributed by atoms with E-state index in [2.05, 4.69) is 15.7 Å². The van der Waals surface area contributed by atoms with Crippen LogP contribution in [0.15, 0.2) is 12.5 Å². The smallest absolute Gasteiger partial charge is 0.0949 e. The fourth-order valence-corrected chi connectivity index (χ4v) is 1.46. The van der Waals surface area contributed by atoms with Crippen LogP contribution in [0.5, 0.6) is 0 Å². The third-order valence-electron chi connectivity index (χ3n) is 2.13. The number of aryl methyl sites for hydroxylation is 1. The zero-order chi connectivity index (χ0) is 11.1. The first-order valence-corrected chi connectivity index (χ1v) is 5.56. The highest BCUT2D eigenvalue weighted by Crippen LogP contribution is 2.00. The van der Waals surface area contributed by atoms with Gasteiger partial charge in [-0.3, -0.25) is 0 Å².